The lowest BCUT2D eigenvalue weighted by Crippen LogP contribution is -2.43. The topological polar surface area (TPSA) is 107 Å². The van der Waals surface area contributed by atoms with E-state index in [0.717, 1.165) is 25.1 Å². The Bertz CT molecular complexity index is 1010. The average molecular weight is 424 g/mol. The molecular formula is C23H29N5O3. The summed E-state index contributed by atoms with van der Waals surface area (Å²) in [6.07, 6.45) is 1.75. The molecule has 8 nitrogen and oxygen atoms in total. The number of rotatable bonds is 5. The highest BCUT2D eigenvalue weighted by molar-refractivity contribution is 6.00. The second-order valence-corrected chi connectivity index (χ2v) is 8.83. The molecule has 2 aliphatic rings. The maximum Gasteiger partial charge on any atom is 0.258 e. The summed E-state index contributed by atoms with van der Waals surface area (Å²) in [6.45, 7) is 6.38. The molecule has 0 radical (unpaired) electrons. The number of amides is 2. The first-order chi connectivity index (χ1) is 14.9. The fourth-order valence-corrected chi connectivity index (χ4v) is 4.67. The molecule has 1 saturated heterocycles. The van der Waals surface area contributed by atoms with E-state index < -0.39 is 5.92 Å². The Balaban J connectivity index is 1.52. The highest BCUT2D eigenvalue weighted by Crippen LogP contribution is 2.30. The molecular weight excluding hydrogens is 394 g/mol. The first-order valence-corrected chi connectivity index (χ1v) is 10.9. The van der Waals surface area contributed by atoms with Gasteiger partial charge in [0.25, 0.3) is 5.56 Å². The summed E-state index contributed by atoms with van der Waals surface area (Å²) in [7, 11) is 0. The van der Waals surface area contributed by atoms with Crippen molar-refractivity contribution in [1.29, 1.82) is 0 Å². The summed E-state index contributed by atoms with van der Waals surface area (Å²) in [5.74, 6) is 0.152. The van der Waals surface area contributed by atoms with Gasteiger partial charge in [0, 0.05) is 26.1 Å². The first-order valence-electron chi connectivity index (χ1n) is 10.9. The maximum absolute atomic E-state index is 13.0. The van der Waals surface area contributed by atoms with Crippen LogP contribution in [0.4, 0.5) is 11.8 Å². The second-order valence-electron chi connectivity index (χ2n) is 8.83. The van der Waals surface area contributed by atoms with Crippen LogP contribution in [0.5, 0.6) is 0 Å². The van der Waals surface area contributed by atoms with Crippen LogP contribution in [0.3, 0.4) is 0 Å². The summed E-state index contributed by atoms with van der Waals surface area (Å²) in [5, 5.41) is 5.56. The second kappa shape index (κ2) is 8.91. The molecule has 1 aromatic carbocycles. The van der Waals surface area contributed by atoms with E-state index in [4.69, 9.17) is 0 Å². The van der Waals surface area contributed by atoms with E-state index in [1.54, 1.807) is 0 Å². The van der Waals surface area contributed by atoms with Crippen LogP contribution in [0.2, 0.25) is 0 Å². The van der Waals surface area contributed by atoms with E-state index >= 15 is 0 Å². The van der Waals surface area contributed by atoms with Gasteiger partial charge in [0.2, 0.25) is 17.8 Å². The van der Waals surface area contributed by atoms with Crippen molar-refractivity contribution in [2.24, 2.45) is 11.8 Å². The van der Waals surface area contributed by atoms with E-state index in [-0.39, 0.29) is 35.2 Å². The van der Waals surface area contributed by atoms with Gasteiger partial charge < -0.3 is 15.5 Å². The Labute approximate surface area is 181 Å². The molecule has 3 unspecified atom stereocenters. The van der Waals surface area contributed by atoms with Crippen molar-refractivity contribution in [1.82, 2.24) is 15.3 Å². The summed E-state index contributed by atoms with van der Waals surface area (Å²) < 4.78 is 0. The van der Waals surface area contributed by atoms with Gasteiger partial charge in [-0.05, 0) is 30.2 Å². The fourth-order valence-electron chi connectivity index (χ4n) is 4.67. The van der Waals surface area contributed by atoms with E-state index in [1.165, 1.54) is 0 Å². The SMILES string of the molecule is CC1CC(C)CN(c2nc3c(c(=O)[nH]2)C(C(=O)NCCc2ccccc2)CC(=O)N3)C1. The minimum absolute atomic E-state index is 0.0634. The molecule has 3 heterocycles. The Hall–Kier alpha value is -3.16. The minimum atomic E-state index is -0.843. The number of nitrogens with zero attached hydrogens (tertiary/aromatic N) is 2. The van der Waals surface area contributed by atoms with Crippen LogP contribution in [0.15, 0.2) is 35.1 Å². The minimum Gasteiger partial charge on any atom is -0.355 e. The Kier molecular flexibility index (Phi) is 6.06. The Morgan fingerprint density at radius 1 is 1.16 bits per heavy atom. The predicted molar refractivity (Wildman–Crippen MR) is 119 cm³/mol. The molecule has 4 rings (SSSR count). The molecule has 0 spiro atoms. The van der Waals surface area contributed by atoms with E-state index in [1.807, 2.05) is 30.3 Å². The lowest BCUT2D eigenvalue weighted by molar-refractivity contribution is -0.126. The lowest BCUT2D eigenvalue weighted by Gasteiger charge is -2.35. The molecule has 0 saturated carbocycles. The van der Waals surface area contributed by atoms with E-state index in [2.05, 4.69) is 39.3 Å². The van der Waals surface area contributed by atoms with E-state index in [0.29, 0.717) is 30.7 Å². The van der Waals surface area contributed by atoms with Crippen molar-refractivity contribution >= 4 is 23.6 Å². The number of hydrogen-bond acceptors (Lipinski definition) is 5. The third-order valence-corrected chi connectivity index (χ3v) is 5.98. The number of hydrogen-bond donors (Lipinski definition) is 3. The zero-order valence-corrected chi connectivity index (χ0v) is 18.0. The zero-order valence-electron chi connectivity index (χ0n) is 18.0. The number of piperidine rings is 1. The number of H-pyrrole nitrogens is 1. The molecule has 2 amide bonds. The summed E-state index contributed by atoms with van der Waals surface area (Å²) in [5.41, 5.74) is 0.978. The van der Waals surface area contributed by atoms with E-state index in [9.17, 15) is 14.4 Å². The van der Waals surface area contributed by atoms with Gasteiger partial charge in [-0.1, -0.05) is 44.2 Å². The van der Waals surface area contributed by atoms with Crippen LogP contribution in [0.1, 0.15) is 43.7 Å². The largest absolute Gasteiger partial charge is 0.355 e. The smallest absolute Gasteiger partial charge is 0.258 e. The van der Waals surface area contributed by atoms with Gasteiger partial charge >= 0.3 is 0 Å². The van der Waals surface area contributed by atoms with Crippen LogP contribution in [0, 0.1) is 11.8 Å². The molecule has 3 atom stereocenters. The number of nitrogens with one attached hydrogen (secondary N) is 3. The standard InChI is InChI=1S/C23H29N5O3/c1-14-10-15(2)13-28(12-14)23-26-20-19(22(31)27-23)17(11-18(29)25-20)21(30)24-9-8-16-6-4-3-5-7-16/h3-7,14-15,17H,8-13H2,1-2H3,(H,24,30)(H2,25,26,27,29,31). The van der Waals surface area contributed by atoms with Crippen molar-refractivity contribution in [2.75, 3.05) is 29.9 Å². The van der Waals surface area contributed by atoms with Gasteiger partial charge in [0.1, 0.15) is 5.82 Å². The number of carbonyl (C=O) groups excluding carboxylic acids is 2. The van der Waals surface area contributed by atoms with Gasteiger partial charge in [-0.25, -0.2) is 0 Å². The number of aromatic amines is 1. The summed E-state index contributed by atoms with van der Waals surface area (Å²) in [6, 6.07) is 9.83. The molecule has 31 heavy (non-hydrogen) atoms. The normalized spacial score (nSPS) is 23.1. The summed E-state index contributed by atoms with van der Waals surface area (Å²) in [4.78, 5) is 47.5. The van der Waals surface area contributed by atoms with Gasteiger partial charge in [-0.2, -0.15) is 4.98 Å². The quantitative estimate of drug-likeness (QED) is 0.682. The molecule has 0 bridgehead atoms. The number of benzene rings is 1. The van der Waals surface area contributed by atoms with Gasteiger partial charge in [-0.15, -0.1) is 0 Å². The number of aromatic nitrogens is 2. The number of carbonyl (C=O) groups is 2. The highest BCUT2D eigenvalue weighted by atomic mass is 16.2. The van der Waals surface area contributed by atoms with Crippen molar-refractivity contribution in [3.8, 4) is 0 Å². The molecule has 3 N–H and O–H groups in total. The lowest BCUT2D eigenvalue weighted by atomic mass is 9.91. The number of anilines is 2. The van der Waals surface area contributed by atoms with Crippen LogP contribution < -0.4 is 21.1 Å². The fraction of sp³-hybridized carbons (Fsp3) is 0.478. The highest BCUT2D eigenvalue weighted by Gasteiger charge is 2.35. The Morgan fingerprint density at radius 3 is 2.58 bits per heavy atom. The van der Waals surface area contributed by atoms with Gasteiger partial charge in [-0.3, -0.25) is 19.4 Å². The van der Waals surface area contributed by atoms with Gasteiger partial charge in [0.05, 0.1) is 11.5 Å². The predicted octanol–water partition coefficient (Wildman–Crippen LogP) is 2.04. The molecule has 1 aromatic heterocycles. The molecule has 2 aliphatic heterocycles. The summed E-state index contributed by atoms with van der Waals surface area (Å²) >= 11 is 0. The first kappa shape index (κ1) is 21.1. The zero-order chi connectivity index (χ0) is 22.0. The number of fused-ring (bicyclic) bond motifs is 1. The van der Waals surface area contributed by atoms with Crippen LogP contribution >= 0.6 is 0 Å². The average Bonchev–Trinajstić information content (AvgIpc) is 2.72. The van der Waals surface area contributed by atoms with Gasteiger partial charge in [0.15, 0.2) is 0 Å². The van der Waals surface area contributed by atoms with Crippen LogP contribution in [0.25, 0.3) is 0 Å². The molecule has 164 valence electrons. The van der Waals surface area contributed by atoms with Crippen molar-refractivity contribution < 1.29 is 9.59 Å². The molecule has 8 heteroatoms. The molecule has 2 aromatic rings. The Morgan fingerprint density at radius 2 is 1.87 bits per heavy atom. The molecule has 0 aliphatic carbocycles. The maximum atomic E-state index is 13.0. The molecule has 1 fully saturated rings. The van der Waals surface area contributed by atoms with Crippen molar-refractivity contribution in [3.05, 3.63) is 51.8 Å². The van der Waals surface area contributed by atoms with Crippen LogP contribution in [-0.2, 0) is 16.0 Å². The van der Waals surface area contributed by atoms with Crippen molar-refractivity contribution in [3.63, 3.8) is 0 Å². The van der Waals surface area contributed by atoms with Crippen molar-refractivity contribution in [2.45, 2.75) is 39.0 Å². The third kappa shape index (κ3) is 4.78. The third-order valence-electron chi connectivity index (χ3n) is 5.98. The van der Waals surface area contributed by atoms with Crippen LogP contribution in [-0.4, -0.2) is 41.4 Å². The monoisotopic (exact) mass is 423 g/mol.